The Hall–Kier alpha value is -3.04. The van der Waals surface area contributed by atoms with Gasteiger partial charge in [0.05, 0.1) is 4.90 Å². The summed E-state index contributed by atoms with van der Waals surface area (Å²) in [6.45, 7) is 4.41. The fourth-order valence-corrected chi connectivity index (χ4v) is 5.08. The molecule has 4 rings (SSSR count). The SMILES string of the molecule is CC(C)NS(=O)(=O)c1cccc(C(=O)Nc2ccc(-c3nnc4n3CCCCC4)cc2)c1. The van der Waals surface area contributed by atoms with Crippen LogP contribution in [0.3, 0.4) is 0 Å². The molecule has 2 N–H and O–H groups in total. The van der Waals surface area contributed by atoms with Gasteiger partial charge < -0.3 is 9.88 Å². The summed E-state index contributed by atoms with van der Waals surface area (Å²) < 4.78 is 29.5. The molecule has 9 heteroatoms. The molecule has 1 amide bonds. The first-order valence-corrected chi connectivity index (χ1v) is 12.3. The monoisotopic (exact) mass is 453 g/mol. The van der Waals surface area contributed by atoms with Crippen molar-refractivity contribution in [2.75, 3.05) is 5.32 Å². The Morgan fingerprint density at radius 3 is 2.56 bits per heavy atom. The summed E-state index contributed by atoms with van der Waals surface area (Å²) in [6, 6.07) is 13.2. The summed E-state index contributed by atoms with van der Waals surface area (Å²) in [6.07, 6.45) is 4.40. The van der Waals surface area contributed by atoms with Gasteiger partial charge in [0.25, 0.3) is 5.91 Å². The van der Waals surface area contributed by atoms with Gasteiger partial charge in [-0.15, -0.1) is 10.2 Å². The molecule has 0 unspecified atom stereocenters. The van der Waals surface area contributed by atoms with Crippen LogP contribution in [0.4, 0.5) is 5.69 Å². The summed E-state index contributed by atoms with van der Waals surface area (Å²) in [5.74, 6) is 1.49. The second-order valence-corrected chi connectivity index (χ2v) is 9.95. The van der Waals surface area contributed by atoms with E-state index in [0.29, 0.717) is 5.69 Å². The second kappa shape index (κ2) is 9.22. The zero-order valence-corrected chi connectivity index (χ0v) is 19.0. The summed E-state index contributed by atoms with van der Waals surface area (Å²) in [7, 11) is -3.67. The zero-order valence-electron chi connectivity index (χ0n) is 18.2. The number of aryl methyl sites for hydroxylation is 1. The molecule has 0 radical (unpaired) electrons. The number of fused-ring (bicyclic) bond motifs is 1. The average Bonchev–Trinajstić information content (AvgIpc) is 3.01. The highest BCUT2D eigenvalue weighted by Gasteiger charge is 2.18. The minimum Gasteiger partial charge on any atom is -0.322 e. The number of anilines is 1. The number of amides is 1. The average molecular weight is 454 g/mol. The van der Waals surface area contributed by atoms with E-state index in [9.17, 15) is 13.2 Å². The molecule has 3 aromatic rings. The summed E-state index contributed by atoms with van der Waals surface area (Å²) in [5.41, 5.74) is 1.82. The lowest BCUT2D eigenvalue weighted by molar-refractivity contribution is 0.102. The van der Waals surface area contributed by atoms with E-state index in [2.05, 4.69) is 24.8 Å². The van der Waals surface area contributed by atoms with E-state index in [-0.39, 0.29) is 22.4 Å². The van der Waals surface area contributed by atoms with Crippen LogP contribution in [0.5, 0.6) is 0 Å². The molecular weight excluding hydrogens is 426 g/mol. The Morgan fingerprint density at radius 2 is 1.81 bits per heavy atom. The van der Waals surface area contributed by atoms with E-state index in [1.54, 1.807) is 26.0 Å². The summed E-state index contributed by atoms with van der Waals surface area (Å²) >= 11 is 0. The third kappa shape index (κ3) is 4.89. The normalized spacial score (nSPS) is 14.1. The smallest absolute Gasteiger partial charge is 0.255 e. The maximum atomic E-state index is 12.7. The predicted molar refractivity (Wildman–Crippen MR) is 123 cm³/mol. The number of nitrogens with one attached hydrogen (secondary N) is 2. The Labute approximate surface area is 188 Å². The van der Waals surface area contributed by atoms with Crippen molar-refractivity contribution in [1.29, 1.82) is 0 Å². The largest absolute Gasteiger partial charge is 0.322 e. The Morgan fingerprint density at radius 1 is 1.03 bits per heavy atom. The lowest BCUT2D eigenvalue weighted by Crippen LogP contribution is -2.30. The maximum Gasteiger partial charge on any atom is 0.255 e. The predicted octanol–water partition coefficient (Wildman–Crippen LogP) is 3.61. The Bertz CT molecular complexity index is 1220. The Kier molecular flexibility index (Phi) is 6.38. The highest BCUT2D eigenvalue weighted by atomic mass is 32.2. The molecule has 0 saturated carbocycles. The number of hydrogen-bond acceptors (Lipinski definition) is 5. The molecule has 2 aromatic carbocycles. The molecule has 0 fully saturated rings. The van der Waals surface area contributed by atoms with Crippen LogP contribution in [-0.2, 0) is 23.0 Å². The first kappa shape index (κ1) is 22.2. The molecule has 0 atom stereocenters. The molecule has 168 valence electrons. The summed E-state index contributed by atoms with van der Waals surface area (Å²) in [5, 5.41) is 11.5. The summed E-state index contributed by atoms with van der Waals surface area (Å²) in [4.78, 5) is 12.8. The van der Waals surface area contributed by atoms with Crippen molar-refractivity contribution in [3.8, 4) is 11.4 Å². The van der Waals surface area contributed by atoms with E-state index in [1.807, 2.05) is 24.3 Å². The van der Waals surface area contributed by atoms with E-state index in [1.165, 1.54) is 18.6 Å². The van der Waals surface area contributed by atoms with Crippen molar-refractivity contribution < 1.29 is 13.2 Å². The van der Waals surface area contributed by atoms with E-state index in [4.69, 9.17) is 0 Å². The van der Waals surface area contributed by atoms with Crippen molar-refractivity contribution >= 4 is 21.6 Å². The van der Waals surface area contributed by atoms with E-state index in [0.717, 1.165) is 43.0 Å². The van der Waals surface area contributed by atoms with Crippen LogP contribution in [0, 0.1) is 0 Å². The molecule has 0 spiro atoms. The molecule has 8 nitrogen and oxygen atoms in total. The minimum absolute atomic E-state index is 0.0571. The molecule has 1 aliphatic rings. The number of hydrogen-bond donors (Lipinski definition) is 2. The van der Waals surface area contributed by atoms with Crippen molar-refractivity contribution in [2.45, 2.75) is 57.0 Å². The quantitative estimate of drug-likeness (QED) is 0.593. The topological polar surface area (TPSA) is 106 Å². The van der Waals surface area contributed by atoms with Gasteiger partial charge in [-0.2, -0.15) is 0 Å². The highest BCUT2D eigenvalue weighted by molar-refractivity contribution is 7.89. The third-order valence-electron chi connectivity index (χ3n) is 5.31. The van der Waals surface area contributed by atoms with E-state index < -0.39 is 10.0 Å². The van der Waals surface area contributed by atoms with Gasteiger partial charge in [0.2, 0.25) is 10.0 Å². The van der Waals surface area contributed by atoms with Crippen LogP contribution < -0.4 is 10.0 Å². The molecule has 32 heavy (non-hydrogen) atoms. The number of carbonyl (C=O) groups excluding carboxylic acids is 1. The lowest BCUT2D eigenvalue weighted by Gasteiger charge is -2.11. The van der Waals surface area contributed by atoms with Crippen molar-refractivity contribution in [2.24, 2.45) is 0 Å². The van der Waals surface area contributed by atoms with Crippen LogP contribution in [0.15, 0.2) is 53.4 Å². The van der Waals surface area contributed by atoms with Gasteiger partial charge in [-0.05, 0) is 69.2 Å². The van der Waals surface area contributed by atoms with Gasteiger partial charge in [-0.25, -0.2) is 13.1 Å². The molecular formula is C23H27N5O3S. The molecule has 2 heterocycles. The Balaban J connectivity index is 1.49. The molecule has 0 saturated heterocycles. The second-order valence-electron chi connectivity index (χ2n) is 8.24. The number of rotatable bonds is 6. The zero-order chi connectivity index (χ0) is 22.7. The van der Waals surface area contributed by atoms with Gasteiger partial charge in [-0.1, -0.05) is 12.5 Å². The van der Waals surface area contributed by atoms with Crippen molar-refractivity contribution in [3.63, 3.8) is 0 Å². The van der Waals surface area contributed by atoms with Gasteiger partial charge in [0.15, 0.2) is 5.82 Å². The van der Waals surface area contributed by atoms with Gasteiger partial charge in [-0.3, -0.25) is 4.79 Å². The molecule has 0 aliphatic carbocycles. The van der Waals surface area contributed by atoms with Crippen LogP contribution in [0.2, 0.25) is 0 Å². The molecule has 1 aliphatic heterocycles. The van der Waals surface area contributed by atoms with Gasteiger partial charge >= 0.3 is 0 Å². The molecule has 1 aromatic heterocycles. The standard InChI is InChI=1S/C23H27N5O3S/c1-16(2)27-32(30,31)20-8-6-7-18(15-20)23(29)24-19-12-10-17(11-13-19)22-26-25-21-9-4-3-5-14-28(21)22/h6-8,10-13,15-16,27H,3-5,9,14H2,1-2H3,(H,24,29). The fourth-order valence-electron chi connectivity index (χ4n) is 3.79. The van der Waals surface area contributed by atoms with Crippen LogP contribution in [0.25, 0.3) is 11.4 Å². The maximum absolute atomic E-state index is 12.7. The number of sulfonamides is 1. The number of nitrogens with zero attached hydrogens (tertiary/aromatic N) is 3. The van der Waals surface area contributed by atoms with Gasteiger partial charge in [0, 0.05) is 35.8 Å². The van der Waals surface area contributed by atoms with Crippen molar-refractivity contribution in [1.82, 2.24) is 19.5 Å². The van der Waals surface area contributed by atoms with E-state index >= 15 is 0 Å². The van der Waals surface area contributed by atoms with Crippen LogP contribution in [-0.4, -0.2) is 35.1 Å². The van der Waals surface area contributed by atoms with Crippen LogP contribution >= 0.6 is 0 Å². The molecule has 0 bridgehead atoms. The van der Waals surface area contributed by atoms with Crippen LogP contribution in [0.1, 0.15) is 49.3 Å². The first-order valence-electron chi connectivity index (χ1n) is 10.8. The highest BCUT2D eigenvalue weighted by Crippen LogP contribution is 2.24. The lowest BCUT2D eigenvalue weighted by atomic mass is 10.1. The number of aromatic nitrogens is 3. The van der Waals surface area contributed by atoms with Gasteiger partial charge in [0.1, 0.15) is 5.82 Å². The minimum atomic E-state index is -3.67. The van der Waals surface area contributed by atoms with Crippen molar-refractivity contribution in [3.05, 3.63) is 59.9 Å². The number of benzene rings is 2. The fraction of sp³-hybridized carbons (Fsp3) is 0.348. The first-order chi connectivity index (χ1) is 15.3. The third-order valence-corrected chi connectivity index (χ3v) is 6.96. The number of carbonyl (C=O) groups is 1.